The first-order valence-corrected chi connectivity index (χ1v) is 9.06. The molecule has 3 rings (SSSR count). The lowest BCUT2D eigenvalue weighted by Gasteiger charge is -2.11. The minimum Gasteiger partial charge on any atom is -0.495 e. The minimum absolute atomic E-state index is 0.0294. The maximum atomic E-state index is 12.2. The number of thiophene rings is 1. The minimum atomic E-state index is -0.333. The fourth-order valence-corrected chi connectivity index (χ4v) is 3.95. The number of amides is 2. The number of hydrazine groups is 1. The zero-order valence-electron chi connectivity index (χ0n) is 14.1. The van der Waals surface area contributed by atoms with Gasteiger partial charge in [0, 0.05) is 4.88 Å². The Balaban J connectivity index is 1.48. The van der Waals surface area contributed by atoms with E-state index in [1.54, 1.807) is 13.2 Å². The number of para-hydroxylation sites is 2. The Morgan fingerprint density at radius 2 is 1.96 bits per heavy atom. The summed E-state index contributed by atoms with van der Waals surface area (Å²) in [6, 6.07) is 9.27. The summed E-state index contributed by atoms with van der Waals surface area (Å²) < 4.78 is 5.21. The standard InChI is InChI=1S/C18H21N3O3S/c1-24-14-8-4-3-7-13(14)19-11-17(22)20-21-18(23)16-10-12-6-2-5-9-15(12)25-16/h3-4,7-8,10,19H,2,5-6,9,11H2,1H3,(H,20,22)(H,21,23). The zero-order valence-corrected chi connectivity index (χ0v) is 14.9. The number of benzene rings is 1. The van der Waals surface area contributed by atoms with Gasteiger partial charge in [-0.25, -0.2) is 0 Å². The molecular formula is C18H21N3O3S. The predicted octanol–water partition coefficient (Wildman–Crippen LogP) is 2.51. The summed E-state index contributed by atoms with van der Waals surface area (Å²) in [6.45, 7) is 0.0294. The third kappa shape index (κ3) is 4.30. The van der Waals surface area contributed by atoms with Crippen molar-refractivity contribution < 1.29 is 14.3 Å². The lowest BCUT2D eigenvalue weighted by atomic mass is 9.99. The summed E-state index contributed by atoms with van der Waals surface area (Å²) in [5, 5.41) is 2.98. The molecule has 6 nitrogen and oxygen atoms in total. The van der Waals surface area contributed by atoms with Crippen molar-refractivity contribution in [3.63, 3.8) is 0 Å². The molecule has 0 unspecified atom stereocenters. The molecular weight excluding hydrogens is 338 g/mol. The largest absolute Gasteiger partial charge is 0.495 e. The lowest BCUT2D eigenvalue weighted by Crippen LogP contribution is -2.43. The fourth-order valence-electron chi connectivity index (χ4n) is 2.80. The second-order valence-electron chi connectivity index (χ2n) is 5.82. The van der Waals surface area contributed by atoms with E-state index in [0.29, 0.717) is 10.6 Å². The van der Waals surface area contributed by atoms with Crippen LogP contribution in [-0.2, 0) is 17.6 Å². The van der Waals surface area contributed by atoms with Crippen LogP contribution in [0.3, 0.4) is 0 Å². The number of nitrogens with one attached hydrogen (secondary N) is 3. The van der Waals surface area contributed by atoms with E-state index in [0.717, 1.165) is 18.5 Å². The summed E-state index contributed by atoms with van der Waals surface area (Å²) in [7, 11) is 1.57. The van der Waals surface area contributed by atoms with Crippen molar-refractivity contribution >= 4 is 28.8 Å². The van der Waals surface area contributed by atoms with Crippen molar-refractivity contribution in [1.82, 2.24) is 10.9 Å². The Kier molecular flexibility index (Phi) is 5.55. The molecule has 0 atom stereocenters. The van der Waals surface area contributed by atoms with E-state index in [9.17, 15) is 9.59 Å². The molecule has 0 saturated carbocycles. The molecule has 1 aliphatic rings. The molecule has 7 heteroatoms. The van der Waals surface area contributed by atoms with Crippen molar-refractivity contribution in [2.24, 2.45) is 0 Å². The van der Waals surface area contributed by atoms with Crippen molar-refractivity contribution in [3.05, 3.63) is 45.6 Å². The highest BCUT2D eigenvalue weighted by Gasteiger charge is 2.17. The van der Waals surface area contributed by atoms with E-state index in [2.05, 4.69) is 16.2 Å². The summed E-state index contributed by atoms with van der Waals surface area (Å²) >= 11 is 1.51. The van der Waals surface area contributed by atoms with Gasteiger partial charge in [0.2, 0.25) is 0 Å². The molecule has 1 aromatic carbocycles. The highest BCUT2D eigenvalue weighted by atomic mass is 32.1. The maximum absolute atomic E-state index is 12.2. The predicted molar refractivity (Wildman–Crippen MR) is 98.1 cm³/mol. The maximum Gasteiger partial charge on any atom is 0.279 e. The van der Waals surface area contributed by atoms with Crippen molar-refractivity contribution in [2.45, 2.75) is 25.7 Å². The molecule has 25 heavy (non-hydrogen) atoms. The SMILES string of the molecule is COc1ccccc1NCC(=O)NNC(=O)c1cc2c(s1)CCCC2. The van der Waals surface area contributed by atoms with Crippen LogP contribution in [0.2, 0.25) is 0 Å². The van der Waals surface area contributed by atoms with Gasteiger partial charge in [-0.15, -0.1) is 11.3 Å². The third-order valence-corrected chi connectivity index (χ3v) is 5.32. The second kappa shape index (κ2) is 8.02. The smallest absolute Gasteiger partial charge is 0.279 e. The van der Waals surface area contributed by atoms with Crippen molar-refractivity contribution in [2.75, 3.05) is 19.0 Å². The molecule has 3 N–H and O–H groups in total. The normalized spacial score (nSPS) is 12.8. The molecule has 132 valence electrons. The Morgan fingerprint density at radius 1 is 1.16 bits per heavy atom. The highest BCUT2D eigenvalue weighted by molar-refractivity contribution is 7.14. The van der Waals surface area contributed by atoms with E-state index < -0.39 is 0 Å². The first-order valence-electron chi connectivity index (χ1n) is 8.25. The molecule has 0 saturated heterocycles. The Morgan fingerprint density at radius 3 is 2.76 bits per heavy atom. The quantitative estimate of drug-likeness (QED) is 0.717. The molecule has 0 fully saturated rings. The Labute approximate surface area is 150 Å². The first-order chi connectivity index (χ1) is 12.2. The number of ether oxygens (including phenoxy) is 1. The number of anilines is 1. The van der Waals surface area contributed by atoms with Crippen LogP contribution in [0.4, 0.5) is 5.69 Å². The molecule has 1 heterocycles. The molecule has 1 aromatic heterocycles. The average molecular weight is 359 g/mol. The molecule has 0 bridgehead atoms. The van der Waals surface area contributed by atoms with Crippen molar-refractivity contribution in [1.29, 1.82) is 0 Å². The molecule has 1 aliphatic carbocycles. The van der Waals surface area contributed by atoms with Crippen LogP contribution in [0.5, 0.6) is 5.75 Å². The van der Waals surface area contributed by atoms with E-state index >= 15 is 0 Å². The van der Waals surface area contributed by atoms with Gasteiger partial charge >= 0.3 is 0 Å². The molecule has 0 aliphatic heterocycles. The molecule has 2 aromatic rings. The van der Waals surface area contributed by atoms with Crippen LogP contribution in [0, 0.1) is 0 Å². The molecule has 0 radical (unpaired) electrons. The van der Waals surface area contributed by atoms with E-state index in [4.69, 9.17) is 4.74 Å². The zero-order chi connectivity index (χ0) is 17.6. The van der Waals surface area contributed by atoms with E-state index in [1.807, 2.05) is 24.3 Å². The number of hydrogen-bond donors (Lipinski definition) is 3. The van der Waals surface area contributed by atoms with Crippen LogP contribution >= 0.6 is 11.3 Å². The average Bonchev–Trinajstić information content (AvgIpc) is 3.09. The van der Waals surface area contributed by atoms with E-state index in [1.165, 1.54) is 34.6 Å². The van der Waals surface area contributed by atoms with Crippen molar-refractivity contribution in [3.8, 4) is 5.75 Å². The van der Waals surface area contributed by atoms with Gasteiger partial charge in [0.25, 0.3) is 11.8 Å². The number of fused-ring (bicyclic) bond motifs is 1. The van der Waals surface area contributed by atoms with Gasteiger partial charge in [-0.3, -0.25) is 20.4 Å². The number of methoxy groups -OCH3 is 1. The van der Waals surface area contributed by atoms with Gasteiger partial charge in [-0.1, -0.05) is 12.1 Å². The first kappa shape index (κ1) is 17.3. The van der Waals surface area contributed by atoms with E-state index in [-0.39, 0.29) is 18.4 Å². The highest BCUT2D eigenvalue weighted by Crippen LogP contribution is 2.29. The van der Waals surface area contributed by atoms with Gasteiger partial charge in [-0.2, -0.15) is 0 Å². The summed E-state index contributed by atoms with van der Waals surface area (Å²) in [6.07, 6.45) is 4.44. The van der Waals surface area contributed by atoms with Gasteiger partial charge in [0.15, 0.2) is 0 Å². The summed E-state index contributed by atoms with van der Waals surface area (Å²) in [5.41, 5.74) is 6.90. The molecule has 2 amide bonds. The van der Waals surface area contributed by atoms with Gasteiger partial charge in [-0.05, 0) is 49.4 Å². The Hall–Kier alpha value is -2.54. The van der Waals surface area contributed by atoms with Gasteiger partial charge < -0.3 is 10.1 Å². The molecule has 0 spiro atoms. The Bertz CT molecular complexity index is 749. The van der Waals surface area contributed by atoms with Crippen LogP contribution in [-0.4, -0.2) is 25.5 Å². The topological polar surface area (TPSA) is 79.5 Å². The number of carbonyl (C=O) groups excluding carboxylic acids is 2. The monoisotopic (exact) mass is 359 g/mol. The fraction of sp³-hybridized carbons (Fsp3) is 0.333. The van der Waals surface area contributed by atoms with Crippen LogP contribution in [0.15, 0.2) is 30.3 Å². The van der Waals surface area contributed by atoms with Crippen LogP contribution < -0.4 is 20.9 Å². The third-order valence-electron chi connectivity index (χ3n) is 4.08. The van der Waals surface area contributed by atoms with Crippen LogP contribution in [0.1, 0.15) is 33.0 Å². The van der Waals surface area contributed by atoms with Gasteiger partial charge in [0.05, 0.1) is 24.2 Å². The number of rotatable bonds is 5. The number of aryl methyl sites for hydroxylation is 2. The summed E-state index contributed by atoms with van der Waals surface area (Å²) in [5.74, 6) is 0.0501. The van der Waals surface area contributed by atoms with Gasteiger partial charge in [0.1, 0.15) is 5.75 Å². The second-order valence-corrected chi connectivity index (χ2v) is 6.96. The summed E-state index contributed by atoms with van der Waals surface area (Å²) in [4.78, 5) is 26.0. The van der Waals surface area contributed by atoms with Crippen LogP contribution in [0.25, 0.3) is 0 Å². The number of carbonyl (C=O) groups is 2. The number of hydrogen-bond acceptors (Lipinski definition) is 5. The lowest BCUT2D eigenvalue weighted by molar-refractivity contribution is -0.120.